The van der Waals surface area contributed by atoms with E-state index in [0.717, 1.165) is 21.7 Å². The van der Waals surface area contributed by atoms with Crippen LogP contribution in [0.1, 0.15) is 16.9 Å². The topological polar surface area (TPSA) is 79.6 Å². The first-order chi connectivity index (χ1) is 11.2. The van der Waals surface area contributed by atoms with Crippen molar-refractivity contribution in [1.29, 1.82) is 0 Å². The number of carbonyl (C=O) groups excluding carboxylic acids is 1. The lowest BCUT2D eigenvalue weighted by Gasteiger charge is -2.19. The Labute approximate surface area is 146 Å². The van der Waals surface area contributed by atoms with Crippen LogP contribution in [0.25, 0.3) is 0 Å². The number of nitrogens with one attached hydrogen (secondary N) is 1. The van der Waals surface area contributed by atoms with Gasteiger partial charge in [-0.25, -0.2) is 8.42 Å². The molecule has 0 unspecified atom stereocenters. The molecule has 0 aliphatic carbocycles. The Hall–Kier alpha value is -1.83. The molecule has 1 N–H and O–H groups in total. The summed E-state index contributed by atoms with van der Waals surface area (Å²) in [5, 5.41) is 3.09. The van der Waals surface area contributed by atoms with E-state index in [1.54, 1.807) is 18.2 Å². The van der Waals surface area contributed by atoms with E-state index in [-0.39, 0.29) is 13.1 Å². The highest BCUT2D eigenvalue weighted by Gasteiger charge is 2.22. The predicted octanol–water partition coefficient (Wildman–Crippen LogP) is 2.95. The molecule has 0 saturated heterocycles. The van der Waals surface area contributed by atoms with Crippen molar-refractivity contribution in [2.24, 2.45) is 0 Å². The predicted molar refractivity (Wildman–Crippen MR) is 93.5 cm³/mol. The van der Waals surface area contributed by atoms with Gasteiger partial charge in [0.15, 0.2) is 0 Å². The third kappa shape index (κ3) is 4.83. The van der Waals surface area contributed by atoms with Gasteiger partial charge in [0.2, 0.25) is 15.9 Å². The molecule has 0 bridgehead atoms. The van der Waals surface area contributed by atoms with Crippen LogP contribution in [0.4, 0.5) is 5.69 Å². The Morgan fingerprint density at radius 2 is 2.04 bits per heavy atom. The Bertz CT molecular complexity index is 809. The maximum Gasteiger partial charge on any atom is 0.239 e. The SMILES string of the molecule is Cc1cc(C)c(NC(=O)CN(Cc2ccco2)S(C)(=O)=O)c(Cl)c1. The number of hydrogen-bond donors (Lipinski definition) is 1. The standard InChI is InChI=1S/C16H19ClN2O4S/c1-11-7-12(2)16(14(17)8-11)18-15(20)10-19(24(3,21)22)9-13-5-4-6-23-13/h4-8H,9-10H2,1-3H3,(H,18,20). The second-order valence-electron chi connectivity index (χ2n) is 5.60. The van der Waals surface area contributed by atoms with Crippen LogP contribution in [0, 0.1) is 13.8 Å². The Balaban J connectivity index is 2.14. The lowest BCUT2D eigenvalue weighted by atomic mass is 10.1. The van der Waals surface area contributed by atoms with Gasteiger partial charge in [-0.2, -0.15) is 4.31 Å². The molecule has 0 atom stereocenters. The first-order valence-electron chi connectivity index (χ1n) is 7.21. The van der Waals surface area contributed by atoms with Crippen LogP contribution in [0.3, 0.4) is 0 Å². The van der Waals surface area contributed by atoms with Gasteiger partial charge in [-0.1, -0.05) is 17.7 Å². The van der Waals surface area contributed by atoms with Gasteiger partial charge < -0.3 is 9.73 Å². The minimum Gasteiger partial charge on any atom is -0.468 e. The van der Waals surface area contributed by atoms with E-state index in [2.05, 4.69) is 5.32 Å². The average Bonchev–Trinajstić information content (AvgIpc) is 2.94. The van der Waals surface area contributed by atoms with Crippen molar-refractivity contribution in [3.05, 3.63) is 52.4 Å². The molecule has 1 heterocycles. The Morgan fingerprint density at radius 1 is 1.33 bits per heavy atom. The van der Waals surface area contributed by atoms with E-state index in [1.165, 1.54) is 6.26 Å². The fourth-order valence-electron chi connectivity index (χ4n) is 2.28. The third-order valence-corrected chi connectivity index (χ3v) is 4.89. The molecule has 1 aromatic heterocycles. The maximum absolute atomic E-state index is 12.3. The van der Waals surface area contributed by atoms with E-state index in [0.29, 0.717) is 16.5 Å². The number of sulfonamides is 1. The fraction of sp³-hybridized carbons (Fsp3) is 0.312. The highest BCUT2D eigenvalue weighted by atomic mass is 35.5. The summed E-state index contributed by atoms with van der Waals surface area (Å²) in [6.45, 7) is 3.38. The molecule has 6 nitrogen and oxygen atoms in total. The number of nitrogens with zero attached hydrogens (tertiary/aromatic N) is 1. The molecule has 0 spiro atoms. The van der Waals surface area contributed by atoms with Crippen molar-refractivity contribution in [1.82, 2.24) is 4.31 Å². The van der Waals surface area contributed by atoms with Crippen molar-refractivity contribution >= 4 is 33.2 Å². The number of halogens is 1. The number of anilines is 1. The molecule has 130 valence electrons. The van der Waals surface area contributed by atoms with E-state index >= 15 is 0 Å². The van der Waals surface area contributed by atoms with Crippen molar-refractivity contribution in [2.45, 2.75) is 20.4 Å². The molecule has 24 heavy (non-hydrogen) atoms. The molecule has 0 saturated carbocycles. The molecule has 1 amide bonds. The van der Waals surface area contributed by atoms with Gasteiger partial charge in [0, 0.05) is 0 Å². The second-order valence-corrected chi connectivity index (χ2v) is 7.99. The highest BCUT2D eigenvalue weighted by molar-refractivity contribution is 7.88. The minimum atomic E-state index is -3.58. The number of benzene rings is 1. The number of rotatable bonds is 6. The number of carbonyl (C=O) groups is 1. The summed E-state index contributed by atoms with van der Waals surface area (Å²) in [7, 11) is -3.58. The summed E-state index contributed by atoms with van der Waals surface area (Å²) in [6.07, 6.45) is 2.50. The van der Waals surface area contributed by atoms with Gasteiger partial charge in [0.1, 0.15) is 5.76 Å². The van der Waals surface area contributed by atoms with Crippen LogP contribution in [0.15, 0.2) is 34.9 Å². The van der Waals surface area contributed by atoms with Crippen molar-refractivity contribution in [3.8, 4) is 0 Å². The lowest BCUT2D eigenvalue weighted by Crippen LogP contribution is -2.36. The maximum atomic E-state index is 12.3. The van der Waals surface area contributed by atoms with Crippen molar-refractivity contribution in [2.75, 3.05) is 18.1 Å². The molecule has 8 heteroatoms. The van der Waals surface area contributed by atoms with E-state index < -0.39 is 15.9 Å². The molecule has 0 aliphatic heterocycles. The van der Waals surface area contributed by atoms with Gasteiger partial charge in [0.05, 0.1) is 36.3 Å². The van der Waals surface area contributed by atoms with Crippen LogP contribution in [0.5, 0.6) is 0 Å². The summed E-state index contributed by atoms with van der Waals surface area (Å²) >= 11 is 6.16. The van der Waals surface area contributed by atoms with Crippen molar-refractivity contribution < 1.29 is 17.6 Å². The number of amides is 1. The van der Waals surface area contributed by atoms with Crippen LogP contribution in [-0.4, -0.2) is 31.4 Å². The normalized spacial score (nSPS) is 11.7. The minimum absolute atomic E-state index is 0.0140. The largest absolute Gasteiger partial charge is 0.468 e. The smallest absolute Gasteiger partial charge is 0.239 e. The Morgan fingerprint density at radius 3 is 2.58 bits per heavy atom. The summed E-state index contributed by atoms with van der Waals surface area (Å²) in [5.74, 6) is -0.0152. The van der Waals surface area contributed by atoms with Gasteiger partial charge in [-0.05, 0) is 43.2 Å². The molecule has 2 rings (SSSR count). The molecule has 1 aromatic carbocycles. The van der Waals surface area contributed by atoms with Crippen molar-refractivity contribution in [3.63, 3.8) is 0 Å². The summed E-state index contributed by atoms with van der Waals surface area (Å²) < 4.78 is 30.0. The summed E-state index contributed by atoms with van der Waals surface area (Å²) in [6, 6.07) is 6.93. The zero-order valence-corrected chi connectivity index (χ0v) is 15.2. The number of furan rings is 1. The zero-order chi connectivity index (χ0) is 17.9. The van der Waals surface area contributed by atoms with Gasteiger partial charge >= 0.3 is 0 Å². The second kappa shape index (κ2) is 7.38. The molecule has 2 aromatic rings. The third-order valence-electron chi connectivity index (χ3n) is 3.40. The van der Waals surface area contributed by atoms with Crippen LogP contribution >= 0.6 is 11.6 Å². The Kier molecular flexibility index (Phi) is 5.69. The molecule has 0 radical (unpaired) electrons. The van der Waals surface area contributed by atoms with Gasteiger partial charge in [-0.3, -0.25) is 4.79 Å². The number of hydrogen-bond acceptors (Lipinski definition) is 4. The lowest BCUT2D eigenvalue weighted by molar-refractivity contribution is -0.116. The first kappa shape index (κ1) is 18.5. The number of aryl methyl sites for hydroxylation is 2. The highest BCUT2D eigenvalue weighted by Crippen LogP contribution is 2.27. The van der Waals surface area contributed by atoms with Crippen LogP contribution in [-0.2, 0) is 21.4 Å². The molecular weight excluding hydrogens is 352 g/mol. The van der Waals surface area contributed by atoms with E-state index in [1.807, 2.05) is 19.9 Å². The summed E-state index contributed by atoms with van der Waals surface area (Å²) in [4.78, 5) is 12.3. The first-order valence-corrected chi connectivity index (χ1v) is 9.43. The average molecular weight is 371 g/mol. The fourth-order valence-corrected chi connectivity index (χ4v) is 3.36. The monoisotopic (exact) mass is 370 g/mol. The molecule has 0 aliphatic rings. The van der Waals surface area contributed by atoms with Gasteiger partial charge in [-0.15, -0.1) is 0 Å². The molecule has 0 fully saturated rings. The van der Waals surface area contributed by atoms with E-state index in [4.69, 9.17) is 16.0 Å². The van der Waals surface area contributed by atoms with Crippen LogP contribution < -0.4 is 5.32 Å². The summed E-state index contributed by atoms with van der Waals surface area (Å²) in [5.41, 5.74) is 2.27. The quantitative estimate of drug-likeness (QED) is 0.847. The van der Waals surface area contributed by atoms with E-state index in [9.17, 15) is 13.2 Å². The zero-order valence-electron chi connectivity index (χ0n) is 13.7. The molecular formula is C16H19ClN2O4S. The van der Waals surface area contributed by atoms with Gasteiger partial charge in [0.25, 0.3) is 0 Å². The van der Waals surface area contributed by atoms with Crippen LogP contribution in [0.2, 0.25) is 5.02 Å².